The minimum absolute atomic E-state index is 0.0778. The molecule has 0 bridgehead atoms. The number of hydrogen-bond donors (Lipinski definition) is 2. The van der Waals surface area contributed by atoms with Crippen LogP contribution in [0.5, 0.6) is 0 Å². The number of pyridine rings is 1. The first-order valence-corrected chi connectivity index (χ1v) is 8.81. The zero-order chi connectivity index (χ0) is 18.7. The molecular formula is C15H15N3O6S. The maximum absolute atomic E-state index is 12.7. The van der Waals surface area contributed by atoms with Crippen LogP contribution in [-0.4, -0.2) is 57.4 Å². The fourth-order valence-corrected chi connectivity index (χ4v) is 5.30. The lowest BCUT2D eigenvalue weighted by Crippen LogP contribution is -2.58. The molecule has 0 aromatic carbocycles. The molecule has 0 spiro atoms. The highest BCUT2D eigenvalue weighted by molar-refractivity contribution is 7.94. The first-order valence-electron chi connectivity index (χ1n) is 7.26. The molecular weight excluding hydrogens is 350 g/mol. The summed E-state index contributed by atoms with van der Waals surface area (Å²) in [6, 6.07) is 1.25. The quantitative estimate of drug-likeness (QED) is 0.536. The maximum atomic E-state index is 12.7. The Morgan fingerprint density at radius 2 is 2.04 bits per heavy atom. The van der Waals surface area contributed by atoms with Gasteiger partial charge in [0.05, 0.1) is 11.3 Å². The number of amides is 2. The summed E-state index contributed by atoms with van der Waals surface area (Å²) in [5, 5.41) is 8.02. The van der Waals surface area contributed by atoms with E-state index in [4.69, 9.17) is 5.73 Å². The van der Waals surface area contributed by atoms with Crippen LogP contribution in [-0.2, 0) is 19.4 Å². The largest absolute Gasteiger partial charge is 0.480 e. The van der Waals surface area contributed by atoms with Gasteiger partial charge in [0.15, 0.2) is 21.3 Å². The highest BCUT2D eigenvalue weighted by Crippen LogP contribution is 2.48. The van der Waals surface area contributed by atoms with Crippen LogP contribution in [0.4, 0.5) is 0 Å². The van der Waals surface area contributed by atoms with E-state index < -0.39 is 43.8 Å². The zero-order valence-electron chi connectivity index (χ0n) is 13.3. The number of rotatable bonds is 3. The summed E-state index contributed by atoms with van der Waals surface area (Å²) in [6.07, 6.45) is 2.55. The van der Waals surface area contributed by atoms with Crippen molar-refractivity contribution in [3.63, 3.8) is 0 Å². The third kappa shape index (κ3) is 2.17. The Hall–Kier alpha value is -2.75. The third-order valence-corrected chi connectivity index (χ3v) is 7.33. The van der Waals surface area contributed by atoms with E-state index >= 15 is 0 Å². The predicted octanol–water partition coefficient (Wildman–Crippen LogP) is -0.608. The molecule has 0 unspecified atom stereocenters. The van der Waals surface area contributed by atoms with Gasteiger partial charge in [0.2, 0.25) is 5.91 Å². The third-order valence-electron chi connectivity index (χ3n) is 4.57. The van der Waals surface area contributed by atoms with Crippen molar-refractivity contribution in [2.45, 2.75) is 30.0 Å². The molecule has 1 aromatic heterocycles. The van der Waals surface area contributed by atoms with Crippen molar-refractivity contribution in [1.29, 1.82) is 0 Å². The lowest BCUT2D eigenvalue weighted by molar-refractivity contribution is -0.152. The van der Waals surface area contributed by atoms with Gasteiger partial charge in [0.25, 0.3) is 5.91 Å². The predicted molar refractivity (Wildman–Crippen MR) is 85.8 cm³/mol. The average Bonchev–Trinajstić information content (AvgIpc) is 2.66. The van der Waals surface area contributed by atoms with Crippen LogP contribution in [0, 0.1) is 0 Å². The van der Waals surface area contributed by atoms with Crippen LogP contribution in [0.1, 0.15) is 29.9 Å². The summed E-state index contributed by atoms with van der Waals surface area (Å²) in [4.78, 5) is 39.9. The van der Waals surface area contributed by atoms with Gasteiger partial charge in [-0.25, -0.2) is 13.2 Å². The molecule has 132 valence electrons. The lowest BCUT2D eigenvalue weighted by atomic mass is 9.95. The van der Waals surface area contributed by atoms with Gasteiger partial charge in [-0.05, 0) is 32.1 Å². The first kappa shape index (κ1) is 17.1. The Morgan fingerprint density at radius 1 is 1.40 bits per heavy atom. The smallest absolute Gasteiger partial charge is 0.328 e. The number of nitrogens with zero attached hydrogens (tertiary/aromatic N) is 2. The van der Waals surface area contributed by atoms with Crippen molar-refractivity contribution in [2.24, 2.45) is 5.73 Å². The number of nitrogens with two attached hydrogens (primary N) is 1. The maximum Gasteiger partial charge on any atom is 0.328 e. The standard InChI is InChI=1S/C15H15N3O6S/c1-15(2)10(14(21)22)18-12(20)9(13(18)25(15,23)24)6-8-5-7(11(16)19)3-4-17-8/h3-6,10,13H,1-2H3,(H2,16,19)(H,21,22)/t10-,13+/m0/s1. The van der Waals surface area contributed by atoms with E-state index in [1.54, 1.807) is 0 Å². The van der Waals surface area contributed by atoms with E-state index in [9.17, 15) is 27.9 Å². The summed E-state index contributed by atoms with van der Waals surface area (Å²) in [7, 11) is -3.95. The molecule has 10 heteroatoms. The molecule has 3 rings (SSSR count). The van der Waals surface area contributed by atoms with Crippen LogP contribution in [0.2, 0.25) is 0 Å². The van der Waals surface area contributed by atoms with E-state index in [0.717, 1.165) is 4.90 Å². The number of hydrogen-bond acceptors (Lipinski definition) is 6. The molecule has 1 aromatic rings. The molecule has 2 amide bonds. The van der Waals surface area contributed by atoms with Crippen molar-refractivity contribution in [2.75, 3.05) is 0 Å². The number of β-lactam (4-membered cyclic amide) rings is 1. The van der Waals surface area contributed by atoms with Crippen LogP contribution in [0.15, 0.2) is 23.9 Å². The molecule has 3 heterocycles. The number of fused-ring (bicyclic) bond motifs is 1. The minimum atomic E-state index is -3.95. The van der Waals surface area contributed by atoms with Gasteiger partial charge in [-0.1, -0.05) is 0 Å². The van der Waals surface area contributed by atoms with Crippen molar-refractivity contribution in [3.05, 3.63) is 35.2 Å². The Bertz CT molecular complexity index is 950. The van der Waals surface area contributed by atoms with Gasteiger partial charge in [-0.15, -0.1) is 0 Å². The summed E-state index contributed by atoms with van der Waals surface area (Å²) in [6.45, 7) is 2.58. The topological polar surface area (TPSA) is 148 Å². The van der Waals surface area contributed by atoms with Crippen molar-refractivity contribution in [1.82, 2.24) is 9.88 Å². The number of carbonyl (C=O) groups excluding carboxylic acids is 2. The minimum Gasteiger partial charge on any atom is -0.480 e. The van der Waals surface area contributed by atoms with E-state index in [2.05, 4.69) is 4.98 Å². The molecule has 3 N–H and O–H groups in total. The SMILES string of the molecule is CC1(C)[C@H](C(=O)O)N2C(=O)C(=Cc3cc(C(N)=O)ccn3)[C@H]2S1(=O)=O. The van der Waals surface area contributed by atoms with Crippen LogP contribution in [0.3, 0.4) is 0 Å². The Labute approximate surface area is 143 Å². The van der Waals surface area contributed by atoms with Gasteiger partial charge in [-0.2, -0.15) is 0 Å². The molecule has 2 aliphatic rings. The molecule has 0 radical (unpaired) electrons. The van der Waals surface area contributed by atoms with Crippen molar-refractivity contribution in [3.8, 4) is 0 Å². The number of sulfone groups is 1. The molecule has 2 fully saturated rings. The van der Waals surface area contributed by atoms with E-state index in [1.807, 2.05) is 0 Å². The van der Waals surface area contributed by atoms with Crippen LogP contribution < -0.4 is 5.73 Å². The number of aliphatic carboxylic acids is 1. The highest BCUT2D eigenvalue weighted by atomic mass is 32.2. The number of aromatic nitrogens is 1. The number of carboxylic acid groups (broad SMARTS) is 1. The molecule has 2 saturated heterocycles. The van der Waals surface area contributed by atoms with E-state index in [1.165, 1.54) is 38.3 Å². The number of carbonyl (C=O) groups is 3. The summed E-state index contributed by atoms with van der Waals surface area (Å²) in [5.41, 5.74) is 5.44. The monoisotopic (exact) mass is 365 g/mol. The Kier molecular flexibility index (Phi) is 3.50. The van der Waals surface area contributed by atoms with Crippen molar-refractivity contribution >= 4 is 33.7 Å². The summed E-state index contributed by atoms with van der Waals surface area (Å²) in [5.74, 6) is -2.75. The number of carboxylic acids is 1. The second-order valence-corrected chi connectivity index (χ2v) is 8.98. The van der Waals surface area contributed by atoms with E-state index in [0.29, 0.717) is 0 Å². The zero-order valence-corrected chi connectivity index (χ0v) is 14.1. The van der Waals surface area contributed by atoms with Gasteiger partial charge < -0.3 is 15.7 Å². The van der Waals surface area contributed by atoms with Crippen LogP contribution in [0.25, 0.3) is 6.08 Å². The average molecular weight is 365 g/mol. The Balaban J connectivity index is 2.08. The normalized spacial score (nSPS) is 27.7. The van der Waals surface area contributed by atoms with Crippen LogP contribution >= 0.6 is 0 Å². The molecule has 0 aliphatic carbocycles. The lowest BCUT2D eigenvalue weighted by Gasteiger charge is -2.37. The van der Waals surface area contributed by atoms with E-state index in [-0.39, 0.29) is 16.8 Å². The first-order chi connectivity index (χ1) is 11.5. The highest BCUT2D eigenvalue weighted by Gasteiger charge is 2.70. The van der Waals surface area contributed by atoms with Gasteiger partial charge >= 0.3 is 5.97 Å². The second kappa shape index (κ2) is 5.12. The number of primary amides is 1. The molecule has 2 aliphatic heterocycles. The van der Waals surface area contributed by atoms with Gasteiger partial charge in [-0.3, -0.25) is 14.6 Å². The molecule has 0 saturated carbocycles. The fraction of sp³-hybridized carbons (Fsp3) is 0.333. The summed E-state index contributed by atoms with van der Waals surface area (Å²) < 4.78 is 23.8. The molecule has 2 atom stereocenters. The molecule has 9 nitrogen and oxygen atoms in total. The van der Waals surface area contributed by atoms with Crippen molar-refractivity contribution < 1.29 is 27.9 Å². The van der Waals surface area contributed by atoms with Gasteiger partial charge in [0, 0.05) is 11.8 Å². The molecule has 25 heavy (non-hydrogen) atoms. The fourth-order valence-electron chi connectivity index (χ4n) is 3.18. The second-order valence-electron chi connectivity index (χ2n) is 6.39. The van der Waals surface area contributed by atoms with Gasteiger partial charge in [0.1, 0.15) is 4.75 Å². The summed E-state index contributed by atoms with van der Waals surface area (Å²) >= 11 is 0. The Morgan fingerprint density at radius 3 is 2.60 bits per heavy atom.